The smallest absolute Gasteiger partial charge is 0.315 e. The number of carbonyl (C=O) groups excluding carboxylic acids is 2. The standard InChI is InChI=1S/C46H61N5O8/c1-7-43(56)22-27-24-50(25-43)18-14-29-28-12-9-10-13-32(28)48-37(29)36(38(53)59-6)35(27)30-20-31-33(21-34(30)58-5)49(4)40-45(31)16-19-51-17-11-15-44(8-2,39(45)51)41(54)46(40,57)42(55)47-23-26(3)52/h9-13,15,20-21,26-27,35-36,39-41,48,52,54,56-57H,7-8,14,16-19,22-25H2,1-6H3,(H,47,55)/t26?,27?,35?,36-,39?,40?,41-,43?,44-,45-,46+/m1/s1. The molecule has 0 radical (unpaired) electrons. The van der Waals surface area contributed by atoms with Crippen molar-refractivity contribution in [1.82, 2.24) is 20.1 Å². The maximum absolute atomic E-state index is 14.7. The van der Waals surface area contributed by atoms with E-state index in [9.17, 15) is 30.0 Å². The first-order valence-electron chi connectivity index (χ1n) is 21.6. The molecule has 1 saturated carbocycles. The van der Waals surface area contributed by atoms with Gasteiger partial charge < -0.3 is 45.1 Å². The Morgan fingerprint density at radius 2 is 1.86 bits per heavy atom. The summed E-state index contributed by atoms with van der Waals surface area (Å²) in [5, 5.41) is 52.1. The number of fused-ring (bicyclic) bond motifs is 6. The molecular weight excluding hydrogens is 751 g/mol. The lowest BCUT2D eigenvalue weighted by molar-refractivity contribution is -0.203. The summed E-state index contributed by atoms with van der Waals surface area (Å²) in [4.78, 5) is 39.6. The molecule has 318 valence electrons. The minimum atomic E-state index is -2.28. The van der Waals surface area contributed by atoms with Crippen molar-refractivity contribution < 1.29 is 39.5 Å². The van der Waals surface area contributed by atoms with Gasteiger partial charge >= 0.3 is 5.97 Å². The van der Waals surface area contributed by atoms with Crippen molar-refractivity contribution in [1.29, 1.82) is 0 Å². The summed E-state index contributed by atoms with van der Waals surface area (Å²) < 4.78 is 12.1. The molecule has 6 heterocycles. The van der Waals surface area contributed by atoms with Crippen LogP contribution in [0.25, 0.3) is 10.9 Å². The van der Waals surface area contributed by atoms with Crippen LogP contribution in [0.5, 0.6) is 5.75 Å². The molecule has 59 heavy (non-hydrogen) atoms. The summed E-state index contributed by atoms with van der Waals surface area (Å²) in [6.45, 7) is 8.79. The van der Waals surface area contributed by atoms with Gasteiger partial charge in [0.25, 0.3) is 5.91 Å². The Kier molecular flexibility index (Phi) is 9.80. The third-order valence-electron chi connectivity index (χ3n) is 15.8. The zero-order chi connectivity index (χ0) is 41.8. The van der Waals surface area contributed by atoms with E-state index in [4.69, 9.17) is 9.47 Å². The fourth-order valence-corrected chi connectivity index (χ4v) is 13.3. The molecule has 1 amide bonds. The number of anilines is 1. The molecule has 1 aromatic heterocycles. The van der Waals surface area contributed by atoms with E-state index in [-0.39, 0.29) is 24.5 Å². The molecule has 6 N–H and O–H groups in total. The van der Waals surface area contributed by atoms with Crippen LogP contribution in [-0.2, 0) is 26.2 Å². The van der Waals surface area contributed by atoms with Crippen molar-refractivity contribution in [3.63, 3.8) is 0 Å². The van der Waals surface area contributed by atoms with Crippen molar-refractivity contribution >= 4 is 28.5 Å². The van der Waals surface area contributed by atoms with E-state index in [1.165, 1.54) is 7.11 Å². The Morgan fingerprint density at radius 3 is 2.58 bits per heavy atom. The highest BCUT2D eigenvalue weighted by Crippen LogP contribution is 2.67. The van der Waals surface area contributed by atoms with Crippen molar-refractivity contribution in [2.45, 2.75) is 106 Å². The molecule has 2 aromatic carbocycles. The molecule has 6 aliphatic rings. The average Bonchev–Trinajstić information content (AvgIpc) is 3.89. The topological polar surface area (TPSA) is 171 Å². The van der Waals surface area contributed by atoms with E-state index in [2.05, 4.69) is 38.3 Å². The van der Waals surface area contributed by atoms with Gasteiger partial charge in [-0.05, 0) is 80.3 Å². The lowest BCUT2D eigenvalue weighted by Gasteiger charge is -2.63. The maximum atomic E-state index is 14.7. The van der Waals surface area contributed by atoms with Gasteiger partial charge in [-0.2, -0.15) is 0 Å². The summed E-state index contributed by atoms with van der Waals surface area (Å²) in [5.41, 5.74) is 0.250. The van der Waals surface area contributed by atoms with E-state index in [1.54, 1.807) is 14.0 Å². The Labute approximate surface area is 346 Å². The number of benzene rings is 2. The van der Waals surface area contributed by atoms with Crippen LogP contribution in [0, 0.1) is 11.3 Å². The summed E-state index contributed by atoms with van der Waals surface area (Å²) in [7, 11) is 4.95. The van der Waals surface area contributed by atoms with E-state index in [0.717, 1.165) is 39.0 Å². The number of aromatic nitrogens is 1. The number of hydrogen-bond donors (Lipinski definition) is 6. The van der Waals surface area contributed by atoms with Gasteiger partial charge in [-0.15, -0.1) is 0 Å². The number of ether oxygens (including phenoxy) is 2. The third-order valence-corrected chi connectivity index (χ3v) is 15.8. The number of methoxy groups -OCH3 is 2. The van der Waals surface area contributed by atoms with Crippen molar-refractivity contribution in [3.8, 4) is 5.75 Å². The van der Waals surface area contributed by atoms with Crippen molar-refractivity contribution in [3.05, 3.63) is 70.9 Å². The second-order valence-electron chi connectivity index (χ2n) is 18.6. The van der Waals surface area contributed by atoms with Crippen molar-refractivity contribution in [2.75, 3.05) is 65.4 Å². The van der Waals surface area contributed by atoms with Crippen LogP contribution in [0.3, 0.4) is 0 Å². The van der Waals surface area contributed by atoms with Crippen LogP contribution in [0.15, 0.2) is 48.6 Å². The molecule has 3 fully saturated rings. The number of nitrogens with zero attached hydrogens (tertiary/aromatic N) is 3. The normalized spacial score (nSPS) is 37.7. The number of likely N-dealkylation sites (N-methyl/N-ethyl adjacent to an activating group) is 1. The number of hydrogen-bond acceptors (Lipinski definition) is 11. The number of rotatable bonds is 8. The highest BCUT2D eigenvalue weighted by Gasteiger charge is 2.78. The monoisotopic (exact) mass is 811 g/mol. The van der Waals surface area contributed by atoms with Crippen molar-refractivity contribution in [2.24, 2.45) is 11.3 Å². The number of aliphatic hydroxyl groups is 4. The van der Waals surface area contributed by atoms with E-state index in [1.807, 2.05) is 56.1 Å². The molecule has 9 rings (SSSR count). The molecule has 13 heteroatoms. The number of para-hydroxylation sites is 1. The van der Waals surface area contributed by atoms with Crippen LogP contribution in [0.4, 0.5) is 5.69 Å². The number of H-pyrrole nitrogens is 1. The van der Waals surface area contributed by atoms with Crippen LogP contribution in [0.2, 0.25) is 0 Å². The molecule has 6 unspecified atom stereocenters. The van der Waals surface area contributed by atoms with E-state index in [0.29, 0.717) is 70.6 Å². The number of esters is 1. The number of nitrogens with one attached hydrogen (secondary N) is 2. The first kappa shape index (κ1) is 40.4. The second kappa shape index (κ2) is 14.3. The minimum absolute atomic E-state index is 0.0818. The quantitative estimate of drug-likeness (QED) is 0.146. The largest absolute Gasteiger partial charge is 0.496 e. The first-order valence-corrected chi connectivity index (χ1v) is 21.6. The Bertz CT molecular complexity index is 2190. The maximum Gasteiger partial charge on any atom is 0.315 e. The second-order valence-corrected chi connectivity index (χ2v) is 18.6. The molecule has 1 spiro atoms. The summed E-state index contributed by atoms with van der Waals surface area (Å²) in [6, 6.07) is 11.2. The summed E-state index contributed by atoms with van der Waals surface area (Å²) >= 11 is 0. The fraction of sp³-hybridized carbons (Fsp3) is 0.609. The van der Waals surface area contributed by atoms with Crippen LogP contribution >= 0.6 is 0 Å². The highest BCUT2D eigenvalue weighted by atomic mass is 16.5. The SMILES string of the molecule is CCC1(O)CC2C[N@](CCc3c([nH]c4ccccc34)[C@H](C(=O)OC)C2c2cc3c(cc2OC)N(C)C2[C@]34CCN3CC=C[C@](CC)(C34)[C@@H](O)[C@]2(O)C(=O)NCC(C)O)C1. The Hall–Kier alpha value is -3.98. The fourth-order valence-electron chi connectivity index (χ4n) is 13.3. The van der Waals surface area contributed by atoms with Gasteiger partial charge in [-0.25, -0.2) is 0 Å². The summed E-state index contributed by atoms with van der Waals surface area (Å²) in [5.74, 6) is -2.04. The molecule has 3 aromatic rings. The molecular formula is C46H61N5O8. The number of amides is 1. The predicted octanol–water partition coefficient (Wildman–Crippen LogP) is 2.94. The third kappa shape index (κ3) is 5.57. The minimum Gasteiger partial charge on any atom is -0.496 e. The highest BCUT2D eigenvalue weighted by molar-refractivity contribution is 5.91. The van der Waals surface area contributed by atoms with Gasteiger partial charge in [0.05, 0.1) is 32.0 Å². The van der Waals surface area contributed by atoms with E-state index < -0.39 is 58.0 Å². The van der Waals surface area contributed by atoms with Gasteiger partial charge in [0, 0.05) is 90.9 Å². The van der Waals surface area contributed by atoms with E-state index >= 15 is 0 Å². The molecule has 2 bridgehead atoms. The van der Waals surface area contributed by atoms with Gasteiger partial charge in [0.15, 0.2) is 5.60 Å². The Morgan fingerprint density at radius 1 is 1.08 bits per heavy atom. The Balaban J connectivity index is 1.31. The first-order chi connectivity index (χ1) is 28.2. The van der Waals surface area contributed by atoms with Crippen LogP contribution in [-0.4, -0.2) is 143 Å². The predicted molar refractivity (Wildman–Crippen MR) is 224 cm³/mol. The zero-order valence-electron chi connectivity index (χ0n) is 35.2. The van der Waals surface area contributed by atoms with Gasteiger partial charge in [-0.1, -0.05) is 44.2 Å². The number of carbonyl (C=O) groups is 2. The lowest BCUT2D eigenvalue weighted by Crippen LogP contribution is -2.81. The lowest BCUT2D eigenvalue weighted by atomic mass is 9.47. The number of aromatic amines is 1. The summed E-state index contributed by atoms with van der Waals surface area (Å²) in [6.07, 6.45) is 4.55. The van der Waals surface area contributed by atoms with Gasteiger partial charge in [0.2, 0.25) is 0 Å². The number of piperidine rings is 1. The average molecular weight is 812 g/mol. The molecule has 5 aliphatic heterocycles. The van der Waals surface area contributed by atoms with Crippen LogP contribution in [0.1, 0.15) is 80.7 Å². The van der Waals surface area contributed by atoms with Crippen LogP contribution < -0.4 is 15.0 Å². The van der Waals surface area contributed by atoms with Gasteiger partial charge in [0.1, 0.15) is 17.8 Å². The van der Waals surface area contributed by atoms with Gasteiger partial charge in [-0.3, -0.25) is 19.4 Å². The molecule has 13 nitrogen and oxygen atoms in total. The molecule has 12 atom stereocenters. The molecule has 2 saturated heterocycles. The number of aliphatic hydroxyl groups excluding tert-OH is 2. The molecule has 1 aliphatic carbocycles. The zero-order valence-corrected chi connectivity index (χ0v) is 35.2.